The Labute approximate surface area is 122 Å². The number of benzene rings is 2. The highest BCUT2D eigenvalue weighted by atomic mass is 79.9. The molecular weight excluding hydrogens is 337 g/mol. The van der Waals surface area contributed by atoms with E-state index in [9.17, 15) is 0 Å². The second kappa shape index (κ2) is 4.57. The van der Waals surface area contributed by atoms with Gasteiger partial charge >= 0.3 is 0 Å². The van der Waals surface area contributed by atoms with Gasteiger partial charge in [0.05, 0.1) is 10.6 Å². The Morgan fingerprint density at radius 2 is 1.89 bits per heavy atom. The molecule has 90 valence electrons. The second-order valence-electron chi connectivity index (χ2n) is 3.74. The predicted molar refractivity (Wildman–Crippen MR) is 77.2 cm³/mol. The number of nitrogens with zero attached hydrogens (tertiary/aromatic N) is 1. The molecule has 18 heavy (non-hydrogen) atoms. The van der Waals surface area contributed by atoms with Gasteiger partial charge in [0.2, 0.25) is 5.89 Å². The number of oxazole rings is 1. The van der Waals surface area contributed by atoms with Gasteiger partial charge in [0.25, 0.3) is 0 Å². The highest BCUT2D eigenvalue weighted by Gasteiger charge is 2.14. The van der Waals surface area contributed by atoms with Crippen LogP contribution in [0.1, 0.15) is 0 Å². The van der Waals surface area contributed by atoms with Crippen LogP contribution in [0.2, 0.25) is 10.0 Å². The minimum atomic E-state index is 0.493. The molecule has 3 rings (SSSR count). The van der Waals surface area contributed by atoms with E-state index in [0.717, 1.165) is 21.1 Å². The van der Waals surface area contributed by atoms with Gasteiger partial charge in [-0.15, -0.1) is 0 Å². The van der Waals surface area contributed by atoms with Gasteiger partial charge in [0.15, 0.2) is 5.58 Å². The summed E-state index contributed by atoms with van der Waals surface area (Å²) in [5.41, 5.74) is 2.27. The molecule has 0 unspecified atom stereocenters. The van der Waals surface area contributed by atoms with E-state index in [1.807, 2.05) is 24.3 Å². The van der Waals surface area contributed by atoms with Crippen LogP contribution in [-0.4, -0.2) is 4.98 Å². The topological polar surface area (TPSA) is 26.0 Å². The molecule has 0 aliphatic heterocycles. The fraction of sp³-hybridized carbons (Fsp3) is 0. The summed E-state index contributed by atoms with van der Waals surface area (Å²) in [5, 5.41) is 1.07. The van der Waals surface area contributed by atoms with Crippen molar-refractivity contribution in [3.63, 3.8) is 0 Å². The van der Waals surface area contributed by atoms with Crippen molar-refractivity contribution in [2.24, 2.45) is 0 Å². The lowest BCUT2D eigenvalue weighted by atomic mass is 10.2. The molecule has 0 spiro atoms. The van der Waals surface area contributed by atoms with Gasteiger partial charge in [-0.1, -0.05) is 35.3 Å². The lowest BCUT2D eigenvalue weighted by molar-refractivity contribution is 0.619. The van der Waals surface area contributed by atoms with Crippen LogP contribution in [0.25, 0.3) is 22.6 Å². The Balaban J connectivity index is 2.26. The average Bonchev–Trinajstić information content (AvgIpc) is 2.77. The van der Waals surface area contributed by atoms with Crippen molar-refractivity contribution in [1.82, 2.24) is 4.98 Å². The Morgan fingerprint density at radius 3 is 2.67 bits per heavy atom. The predicted octanol–water partition coefficient (Wildman–Crippen LogP) is 5.56. The van der Waals surface area contributed by atoms with E-state index in [1.54, 1.807) is 12.1 Å². The molecule has 0 bridgehead atoms. The standard InChI is InChI=1S/C13H6BrCl2NO/c14-12-8(5-7(15)6-9(12)16)13-17-10-3-1-2-4-11(10)18-13/h1-6H. The quantitative estimate of drug-likeness (QED) is 0.541. The Morgan fingerprint density at radius 1 is 1.11 bits per heavy atom. The highest BCUT2D eigenvalue weighted by Crippen LogP contribution is 2.37. The minimum absolute atomic E-state index is 0.493. The first-order valence-corrected chi connectivity index (χ1v) is 6.70. The molecule has 0 atom stereocenters. The van der Waals surface area contributed by atoms with E-state index in [-0.39, 0.29) is 0 Å². The number of hydrogen-bond acceptors (Lipinski definition) is 2. The zero-order valence-electron chi connectivity index (χ0n) is 8.95. The average molecular weight is 343 g/mol. The van der Waals surface area contributed by atoms with Crippen molar-refractivity contribution in [3.05, 3.63) is 50.9 Å². The summed E-state index contributed by atoms with van der Waals surface area (Å²) in [4.78, 5) is 4.41. The minimum Gasteiger partial charge on any atom is -0.436 e. The van der Waals surface area contributed by atoms with E-state index in [2.05, 4.69) is 20.9 Å². The maximum Gasteiger partial charge on any atom is 0.228 e. The number of hydrogen-bond donors (Lipinski definition) is 0. The Bertz CT molecular complexity index is 706. The van der Waals surface area contributed by atoms with Crippen molar-refractivity contribution < 1.29 is 4.42 Å². The normalized spacial score (nSPS) is 11.1. The Hall–Kier alpha value is -1.03. The zero-order valence-corrected chi connectivity index (χ0v) is 12.1. The molecule has 5 heteroatoms. The summed E-state index contributed by atoms with van der Waals surface area (Å²) < 4.78 is 6.41. The maximum absolute atomic E-state index is 6.07. The monoisotopic (exact) mass is 341 g/mol. The van der Waals surface area contributed by atoms with Gasteiger partial charge in [0, 0.05) is 9.50 Å². The van der Waals surface area contributed by atoms with Crippen molar-refractivity contribution in [1.29, 1.82) is 0 Å². The molecule has 0 amide bonds. The molecule has 0 N–H and O–H groups in total. The molecular formula is C13H6BrCl2NO. The zero-order chi connectivity index (χ0) is 12.7. The van der Waals surface area contributed by atoms with E-state index in [0.29, 0.717) is 15.9 Å². The third-order valence-corrected chi connectivity index (χ3v) is 4.12. The molecule has 0 saturated heterocycles. The lowest BCUT2D eigenvalue weighted by Crippen LogP contribution is -1.81. The summed E-state index contributed by atoms with van der Waals surface area (Å²) in [6.07, 6.45) is 0. The fourth-order valence-electron chi connectivity index (χ4n) is 1.70. The number of halogens is 3. The molecule has 1 heterocycles. The van der Waals surface area contributed by atoms with Gasteiger partial charge in [-0.25, -0.2) is 4.98 Å². The first-order chi connectivity index (χ1) is 8.65. The van der Waals surface area contributed by atoms with Gasteiger partial charge in [-0.2, -0.15) is 0 Å². The second-order valence-corrected chi connectivity index (χ2v) is 5.37. The van der Waals surface area contributed by atoms with Crippen LogP contribution < -0.4 is 0 Å². The smallest absolute Gasteiger partial charge is 0.228 e. The third kappa shape index (κ3) is 2.03. The summed E-state index contributed by atoms with van der Waals surface area (Å²) >= 11 is 15.5. The lowest BCUT2D eigenvalue weighted by Gasteiger charge is -2.02. The van der Waals surface area contributed by atoms with Crippen molar-refractivity contribution >= 4 is 50.2 Å². The van der Waals surface area contributed by atoms with Crippen LogP contribution in [0.5, 0.6) is 0 Å². The molecule has 0 saturated carbocycles. The van der Waals surface area contributed by atoms with Crippen LogP contribution in [0, 0.1) is 0 Å². The van der Waals surface area contributed by atoms with Crippen LogP contribution in [0.3, 0.4) is 0 Å². The SMILES string of the molecule is Clc1cc(Cl)c(Br)c(-c2nc3ccccc3o2)c1. The summed E-state index contributed by atoms with van der Waals surface area (Å²) in [6, 6.07) is 11.0. The van der Waals surface area contributed by atoms with E-state index < -0.39 is 0 Å². The number of rotatable bonds is 1. The van der Waals surface area contributed by atoms with Gasteiger partial charge in [-0.3, -0.25) is 0 Å². The van der Waals surface area contributed by atoms with Crippen LogP contribution in [0.4, 0.5) is 0 Å². The summed E-state index contributed by atoms with van der Waals surface area (Å²) in [6.45, 7) is 0. The highest BCUT2D eigenvalue weighted by molar-refractivity contribution is 9.10. The van der Waals surface area contributed by atoms with E-state index in [4.69, 9.17) is 27.6 Å². The number of aromatic nitrogens is 1. The molecule has 0 radical (unpaired) electrons. The maximum atomic E-state index is 6.07. The molecule has 0 fully saturated rings. The molecule has 2 nitrogen and oxygen atoms in total. The van der Waals surface area contributed by atoms with Crippen LogP contribution in [0.15, 0.2) is 45.3 Å². The first kappa shape index (κ1) is 12.0. The van der Waals surface area contributed by atoms with Gasteiger partial charge in [0.1, 0.15) is 5.52 Å². The molecule has 2 aromatic carbocycles. The van der Waals surface area contributed by atoms with E-state index in [1.165, 1.54) is 0 Å². The van der Waals surface area contributed by atoms with Crippen molar-refractivity contribution in [3.8, 4) is 11.5 Å². The molecule has 1 aromatic heterocycles. The number of fused-ring (bicyclic) bond motifs is 1. The van der Waals surface area contributed by atoms with Crippen molar-refractivity contribution in [2.75, 3.05) is 0 Å². The fourth-order valence-corrected chi connectivity index (χ4v) is 2.59. The van der Waals surface area contributed by atoms with Gasteiger partial charge < -0.3 is 4.42 Å². The molecule has 0 aliphatic carbocycles. The van der Waals surface area contributed by atoms with Crippen LogP contribution >= 0.6 is 39.1 Å². The Kier molecular flexibility index (Phi) is 3.06. The largest absolute Gasteiger partial charge is 0.436 e. The number of para-hydroxylation sites is 2. The van der Waals surface area contributed by atoms with E-state index >= 15 is 0 Å². The third-order valence-electron chi connectivity index (χ3n) is 2.52. The first-order valence-electron chi connectivity index (χ1n) is 5.15. The molecule has 3 aromatic rings. The van der Waals surface area contributed by atoms with Gasteiger partial charge in [-0.05, 0) is 40.2 Å². The van der Waals surface area contributed by atoms with Crippen LogP contribution in [-0.2, 0) is 0 Å². The summed E-state index contributed by atoms with van der Waals surface area (Å²) in [5.74, 6) is 0.493. The summed E-state index contributed by atoms with van der Waals surface area (Å²) in [7, 11) is 0. The molecule has 0 aliphatic rings. The van der Waals surface area contributed by atoms with Crippen molar-refractivity contribution in [2.45, 2.75) is 0 Å².